The Labute approximate surface area is 166 Å². The normalized spacial score (nSPS) is 20.2. The first kappa shape index (κ1) is 23.7. The standard InChI is InChI=1S/C19H32N2O7/c1-8-26-14(23)19(12-10-9-11-13(19)22)21(16(25)28-18(5,6)7)20-15(24)27-17(2,3)4/h8-12H2,1-7H3,(H,20,24). The van der Waals surface area contributed by atoms with Crippen LogP contribution in [0.25, 0.3) is 0 Å². The summed E-state index contributed by atoms with van der Waals surface area (Å²) < 4.78 is 15.6. The van der Waals surface area contributed by atoms with E-state index in [2.05, 4.69) is 5.43 Å². The summed E-state index contributed by atoms with van der Waals surface area (Å²) in [5, 5.41) is 0.645. The minimum Gasteiger partial charge on any atom is -0.464 e. The molecule has 0 aliphatic heterocycles. The molecule has 1 unspecified atom stereocenters. The molecule has 1 rings (SSSR count). The number of hydrogen-bond acceptors (Lipinski definition) is 7. The lowest BCUT2D eigenvalue weighted by atomic mass is 9.80. The number of ketones is 1. The van der Waals surface area contributed by atoms with Crippen molar-refractivity contribution < 1.29 is 33.4 Å². The molecule has 0 radical (unpaired) electrons. The molecule has 0 heterocycles. The highest BCUT2D eigenvalue weighted by molar-refractivity contribution is 6.11. The first-order valence-electron chi connectivity index (χ1n) is 9.46. The summed E-state index contributed by atoms with van der Waals surface area (Å²) in [4.78, 5) is 50.9. The molecule has 2 amide bonds. The van der Waals surface area contributed by atoms with Crippen LogP contribution in [0.5, 0.6) is 0 Å². The van der Waals surface area contributed by atoms with Crippen molar-refractivity contribution in [3.8, 4) is 0 Å². The van der Waals surface area contributed by atoms with Crippen LogP contribution in [-0.4, -0.2) is 52.3 Å². The third-order valence-corrected chi connectivity index (χ3v) is 3.83. The van der Waals surface area contributed by atoms with Crippen molar-refractivity contribution in [2.24, 2.45) is 0 Å². The molecule has 1 aliphatic rings. The lowest BCUT2D eigenvalue weighted by Gasteiger charge is -2.42. The number of esters is 1. The van der Waals surface area contributed by atoms with E-state index in [-0.39, 0.29) is 19.4 Å². The highest BCUT2D eigenvalue weighted by Gasteiger charge is 2.57. The van der Waals surface area contributed by atoms with Crippen LogP contribution in [0.2, 0.25) is 0 Å². The van der Waals surface area contributed by atoms with Gasteiger partial charge in [-0.15, -0.1) is 0 Å². The summed E-state index contributed by atoms with van der Waals surface area (Å²) in [5.74, 6) is -1.42. The van der Waals surface area contributed by atoms with Gasteiger partial charge in [0.2, 0.25) is 5.54 Å². The summed E-state index contributed by atoms with van der Waals surface area (Å²) >= 11 is 0. The second-order valence-electron chi connectivity index (χ2n) is 8.64. The first-order chi connectivity index (χ1) is 12.7. The first-order valence-corrected chi connectivity index (χ1v) is 9.46. The van der Waals surface area contributed by atoms with Crippen molar-refractivity contribution in [3.05, 3.63) is 0 Å². The molecule has 160 valence electrons. The molecule has 1 N–H and O–H groups in total. The van der Waals surface area contributed by atoms with E-state index in [1.54, 1.807) is 48.5 Å². The number of hydrogen-bond donors (Lipinski definition) is 1. The number of hydrazine groups is 1. The van der Waals surface area contributed by atoms with Gasteiger partial charge in [0.25, 0.3) is 0 Å². The zero-order chi connectivity index (χ0) is 21.8. The smallest absolute Gasteiger partial charge is 0.430 e. The minimum absolute atomic E-state index is 0.0136. The summed E-state index contributed by atoms with van der Waals surface area (Å²) in [6, 6.07) is 0. The van der Waals surface area contributed by atoms with Gasteiger partial charge in [0.05, 0.1) is 6.61 Å². The largest absolute Gasteiger partial charge is 0.464 e. The van der Waals surface area contributed by atoms with Crippen molar-refractivity contribution in [2.75, 3.05) is 6.61 Å². The van der Waals surface area contributed by atoms with Gasteiger partial charge in [-0.1, -0.05) is 0 Å². The van der Waals surface area contributed by atoms with Crippen LogP contribution in [0.15, 0.2) is 0 Å². The maximum atomic E-state index is 12.9. The Hall–Kier alpha value is -2.32. The number of nitrogens with zero attached hydrogens (tertiary/aromatic N) is 1. The minimum atomic E-state index is -1.99. The fourth-order valence-electron chi connectivity index (χ4n) is 2.80. The topological polar surface area (TPSA) is 111 Å². The van der Waals surface area contributed by atoms with E-state index in [1.165, 1.54) is 0 Å². The highest BCUT2D eigenvalue weighted by Crippen LogP contribution is 2.33. The Morgan fingerprint density at radius 2 is 1.61 bits per heavy atom. The third-order valence-electron chi connectivity index (χ3n) is 3.83. The van der Waals surface area contributed by atoms with Gasteiger partial charge in [0.15, 0.2) is 5.78 Å². The molecule has 1 saturated carbocycles. The molecule has 28 heavy (non-hydrogen) atoms. The zero-order valence-corrected chi connectivity index (χ0v) is 17.8. The number of carbonyl (C=O) groups is 4. The zero-order valence-electron chi connectivity index (χ0n) is 17.8. The number of nitrogens with one attached hydrogen (secondary N) is 1. The second-order valence-corrected chi connectivity index (χ2v) is 8.64. The molecule has 0 aromatic heterocycles. The number of Topliss-reactive ketones (excluding diaryl/α,β-unsaturated/α-hetero) is 1. The Kier molecular flexibility index (Phi) is 7.45. The third kappa shape index (κ3) is 6.10. The van der Waals surface area contributed by atoms with E-state index in [9.17, 15) is 19.2 Å². The summed E-state index contributed by atoms with van der Waals surface area (Å²) in [6.07, 6.45) is -0.857. The second kappa shape index (κ2) is 8.79. The van der Waals surface area contributed by atoms with Gasteiger partial charge in [-0.05, 0) is 67.7 Å². The number of amides is 2. The molecule has 1 atom stereocenters. The monoisotopic (exact) mass is 400 g/mol. The Morgan fingerprint density at radius 3 is 2.07 bits per heavy atom. The molecular weight excluding hydrogens is 368 g/mol. The van der Waals surface area contributed by atoms with Gasteiger partial charge in [0, 0.05) is 6.42 Å². The predicted octanol–water partition coefficient (Wildman–Crippen LogP) is 3.11. The van der Waals surface area contributed by atoms with Gasteiger partial charge in [-0.3, -0.25) is 4.79 Å². The van der Waals surface area contributed by atoms with E-state index in [4.69, 9.17) is 14.2 Å². The van der Waals surface area contributed by atoms with Crippen LogP contribution in [0, 0.1) is 0 Å². The van der Waals surface area contributed by atoms with Gasteiger partial charge in [0.1, 0.15) is 11.2 Å². The van der Waals surface area contributed by atoms with Crippen molar-refractivity contribution in [2.45, 2.75) is 90.9 Å². The lowest BCUT2D eigenvalue weighted by Crippen LogP contribution is -2.69. The molecule has 0 aromatic carbocycles. The number of ether oxygens (including phenoxy) is 3. The SMILES string of the molecule is CCOC(=O)C1(N(NC(=O)OC(C)(C)C)C(=O)OC(C)(C)C)CCCCC1=O. The van der Waals surface area contributed by atoms with Gasteiger partial charge in [-0.2, -0.15) is 5.01 Å². The van der Waals surface area contributed by atoms with Crippen LogP contribution >= 0.6 is 0 Å². The molecule has 0 spiro atoms. The van der Waals surface area contributed by atoms with Gasteiger partial charge in [-0.25, -0.2) is 19.8 Å². The van der Waals surface area contributed by atoms with E-state index >= 15 is 0 Å². The van der Waals surface area contributed by atoms with E-state index in [1.807, 2.05) is 0 Å². The number of carbonyl (C=O) groups excluding carboxylic acids is 4. The van der Waals surface area contributed by atoms with Crippen LogP contribution < -0.4 is 5.43 Å². The fraction of sp³-hybridized carbons (Fsp3) is 0.789. The van der Waals surface area contributed by atoms with Crippen LogP contribution in [0.1, 0.15) is 74.1 Å². The molecule has 9 heteroatoms. The van der Waals surface area contributed by atoms with Gasteiger partial charge >= 0.3 is 18.2 Å². The average Bonchev–Trinajstić information content (AvgIpc) is 2.50. The van der Waals surface area contributed by atoms with Crippen molar-refractivity contribution >= 4 is 23.9 Å². The van der Waals surface area contributed by atoms with Crippen LogP contribution in [-0.2, 0) is 23.8 Å². The van der Waals surface area contributed by atoms with Crippen molar-refractivity contribution in [1.29, 1.82) is 0 Å². The van der Waals surface area contributed by atoms with Crippen molar-refractivity contribution in [1.82, 2.24) is 10.4 Å². The van der Waals surface area contributed by atoms with Gasteiger partial charge < -0.3 is 14.2 Å². The Bertz CT molecular complexity index is 619. The molecule has 0 saturated heterocycles. The summed E-state index contributed by atoms with van der Waals surface area (Å²) in [6.45, 7) is 11.5. The van der Waals surface area contributed by atoms with Crippen LogP contribution in [0.3, 0.4) is 0 Å². The Morgan fingerprint density at radius 1 is 1.04 bits per heavy atom. The molecular formula is C19H32N2O7. The fourth-order valence-corrected chi connectivity index (χ4v) is 2.80. The molecule has 1 aliphatic carbocycles. The van der Waals surface area contributed by atoms with E-state index in [0.717, 1.165) is 0 Å². The quantitative estimate of drug-likeness (QED) is 0.335. The summed E-state index contributed by atoms with van der Waals surface area (Å²) in [5.41, 5.74) is -1.51. The summed E-state index contributed by atoms with van der Waals surface area (Å²) in [7, 11) is 0. The maximum absolute atomic E-state index is 12.9. The Balaban J connectivity index is 3.38. The van der Waals surface area contributed by atoms with Crippen LogP contribution in [0.4, 0.5) is 9.59 Å². The molecule has 9 nitrogen and oxygen atoms in total. The molecule has 0 aromatic rings. The molecule has 0 bridgehead atoms. The highest BCUT2D eigenvalue weighted by atomic mass is 16.6. The molecule has 1 fully saturated rings. The lowest BCUT2D eigenvalue weighted by molar-refractivity contribution is -0.167. The number of rotatable bonds is 3. The van der Waals surface area contributed by atoms with E-state index in [0.29, 0.717) is 17.9 Å². The predicted molar refractivity (Wildman–Crippen MR) is 100 cm³/mol. The van der Waals surface area contributed by atoms with E-state index < -0.39 is 40.7 Å². The average molecular weight is 400 g/mol. The maximum Gasteiger partial charge on any atom is 0.430 e. The van der Waals surface area contributed by atoms with Crippen molar-refractivity contribution in [3.63, 3.8) is 0 Å².